The minimum atomic E-state index is 0.194. The van der Waals surface area contributed by atoms with Crippen LogP contribution in [0.25, 0.3) is 84.8 Å². The maximum Gasteiger partial charge on any atom is 0.288 e. The van der Waals surface area contributed by atoms with Gasteiger partial charge in [-0.25, -0.2) is 0 Å². The molecule has 1 nitrogen and oxygen atoms in total. The van der Waals surface area contributed by atoms with E-state index in [0.717, 1.165) is 9.40 Å². The molecule has 10 aliphatic rings. The third kappa shape index (κ3) is 8.62. The van der Waals surface area contributed by atoms with Crippen LogP contribution >= 0.6 is 117 Å². The lowest BCUT2D eigenvalue weighted by Crippen LogP contribution is -1.93. The van der Waals surface area contributed by atoms with E-state index in [-0.39, 0.29) is 4.06 Å². The second-order valence-corrected chi connectivity index (χ2v) is 36.7. The Labute approximate surface area is 555 Å². The Hall–Kier alpha value is -5.93. The molecule has 0 saturated heterocycles. The van der Waals surface area contributed by atoms with Crippen LogP contribution < -0.4 is 4.06 Å². The highest BCUT2D eigenvalue weighted by atomic mass is 32.2. The number of hydrogen-bond donors (Lipinski definition) is 0. The maximum absolute atomic E-state index is 11.5. The van der Waals surface area contributed by atoms with Crippen LogP contribution in [0.15, 0.2) is 267 Å². The minimum Gasteiger partial charge on any atom is -0.265 e. The number of rotatable bonds is 0. The Bertz CT molecular complexity index is 5100. The summed E-state index contributed by atoms with van der Waals surface area (Å²) in [5, 5.41) is 18.7. The predicted molar refractivity (Wildman–Crippen MR) is 393 cm³/mol. The van der Waals surface area contributed by atoms with Crippen LogP contribution in [-0.4, -0.2) is 0 Å². The first kappa shape index (κ1) is 52.7. The van der Waals surface area contributed by atoms with Crippen molar-refractivity contribution in [2.45, 2.75) is 93.9 Å². The molecule has 6 bridgehead atoms. The van der Waals surface area contributed by atoms with Crippen LogP contribution in [0.1, 0.15) is 88.2 Å². The predicted octanol–water partition coefficient (Wildman–Crippen LogP) is 25.6. The molecule has 6 unspecified atom stereocenters. The lowest BCUT2D eigenvalue weighted by Gasteiger charge is -2.12. The number of hydrogen-bond acceptors (Lipinski definition) is 11. The van der Waals surface area contributed by atoms with Crippen molar-refractivity contribution in [2.24, 2.45) is 0 Å². The highest BCUT2D eigenvalue weighted by Gasteiger charge is 2.37. The van der Waals surface area contributed by atoms with Gasteiger partial charge in [-0.05, 0) is 213 Å². The molecule has 5 heterocycles. The molecule has 6 aliphatic carbocycles. The Morgan fingerprint density at radius 2 is 0.438 bits per heavy atom. The van der Waals surface area contributed by atoms with Crippen molar-refractivity contribution in [3.8, 4) is 0 Å². The summed E-state index contributed by atoms with van der Waals surface area (Å²) >= 11 is 18.4. The highest BCUT2D eigenvalue weighted by molar-refractivity contribution is 8.31. The van der Waals surface area contributed by atoms with Crippen molar-refractivity contribution in [1.82, 2.24) is 0 Å². The number of benzene rings is 12. The number of allylic oxidation sites excluding steroid dienone is 6. The molecular formula is C78H46OS10. The van der Waals surface area contributed by atoms with Gasteiger partial charge in [-0.3, -0.25) is 4.79 Å². The van der Waals surface area contributed by atoms with Gasteiger partial charge in [-0.1, -0.05) is 238 Å². The van der Waals surface area contributed by atoms with Gasteiger partial charge in [0.2, 0.25) is 0 Å². The van der Waals surface area contributed by atoms with Crippen LogP contribution in [0, 0.1) is 0 Å². The van der Waals surface area contributed by atoms with Crippen molar-refractivity contribution in [3.63, 3.8) is 0 Å². The van der Waals surface area contributed by atoms with Crippen molar-refractivity contribution >= 4 is 202 Å². The molecule has 0 radical (unpaired) electrons. The summed E-state index contributed by atoms with van der Waals surface area (Å²) in [6.07, 6.45) is 18.2. The summed E-state index contributed by atoms with van der Waals surface area (Å²) in [4.78, 5) is 22.7. The van der Waals surface area contributed by atoms with E-state index in [1.165, 1.54) is 185 Å². The smallest absolute Gasteiger partial charge is 0.265 e. The SMILES string of the molecule is C1=CC2CC1c1cc3cc4c(cc3cc12)SC(=C1Sc2cc3cc5c(cc3cc2S1)C1C=CC5C1)S4.O=c1sc2cc3cc4c(cc3cc2s1)C1C=CC4C1.c1ccc2cc3cc4c(cc3cc2c1)SC(=C1Sc2cc3cc5ccccc5cc3cc2S1)S4. The van der Waals surface area contributed by atoms with Crippen molar-refractivity contribution in [2.75, 3.05) is 0 Å². The van der Waals surface area contributed by atoms with Gasteiger partial charge in [0.1, 0.15) is 0 Å². The first-order valence-corrected chi connectivity index (χ1v) is 38.6. The summed E-state index contributed by atoms with van der Waals surface area (Å²) < 4.78 is 8.18. The van der Waals surface area contributed by atoms with Crippen molar-refractivity contribution in [1.29, 1.82) is 0 Å². The third-order valence-corrected chi connectivity index (χ3v) is 33.0. The van der Waals surface area contributed by atoms with Gasteiger partial charge in [-0.2, -0.15) is 0 Å². The lowest BCUT2D eigenvalue weighted by molar-refractivity contribution is 0.805. The molecule has 0 saturated carbocycles. The fourth-order valence-corrected chi connectivity index (χ4v) is 28.4. The largest absolute Gasteiger partial charge is 0.288 e. The first-order chi connectivity index (χ1) is 43.8. The molecule has 12 aromatic carbocycles. The van der Waals surface area contributed by atoms with E-state index in [2.05, 4.69) is 206 Å². The van der Waals surface area contributed by atoms with Crippen LogP contribution in [0.2, 0.25) is 0 Å². The zero-order valence-electron chi connectivity index (χ0n) is 47.2. The molecule has 89 heavy (non-hydrogen) atoms. The van der Waals surface area contributed by atoms with E-state index in [4.69, 9.17) is 0 Å². The van der Waals surface area contributed by atoms with Gasteiger partial charge in [0.25, 0.3) is 4.06 Å². The second-order valence-electron chi connectivity index (χ2n) is 25.0. The summed E-state index contributed by atoms with van der Waals surface area (Å²) in [5.41, 5.74) is 9.29. The van der Waals surface area contributed by atoms with E-state index >= 15 is 0 Å². The molecule has 0 spiro atoms. The molecule has 0 fully saturated rings. The minimum absolute atomic E-state index is 0.194. The van der Waals surface area contributed by atoms with Gasteiger partial charge < -0.3 is 0 Å². The van der Waals surface area contributed by atoms with E-state index < -0.39 is 0 Å². The van der Waals surface area contributed by atoms with Crippen LogP contribution in [-0.2, 0) is 0 Å². The van der Waals surface area contributed by atoms with E-state index in [1.807, 2.05) is 94.1 Å². The van der Waals surface area contributed by atoms with Crippen LogP contribution in [0.5, 0.6) is 0 Å². The van der Waals surface area contributed by atoms with E-state index in [0.29, 0.717) is 35.5 Å². The van der Waals surface area contributed by atoms with Gasteiger partial charge in [0.15, 0.2) is 0 Å². The monoisotopic (exact) mass is 1320 g/mol. The Morgan fingerprint density at radius 3 is 0.663 bits per heavy atom. The molecule has 4 aliphatic heterocycles. The molecule has 424 valence electrons. The molecule has 23 rings (SSSR count). The van der Waals surface area contributed by atoms with E-state index in [9.17, 15) is 4.79 Å². The normalized spacial score (nSPS) is 21.9. The average molecular weight is 1320 g/mol. The second kappa shape index (κ2) is 20.0. The summed E-state index contributed by atoms with van der Waals surface area (Å²) in [6.45, 7) is 0. The molecule has 11 heteroatoms. The molecular weight excluding hydrogens is 1270 g/mol. The zero-order valence-corrected chi connectivity index (χ0v) is 55.4. The number of thioether (sulfide) groups is 8. The van der Waals surface area contributed by atoms with Crippen molar-refractivity contribution < 1.29 is 0 Å². The summed E-state index contributed by atoms with van der Waals surface area (Å²) in [6, 6.07) is 64.8. The first-order valence-electron chi connectivity index (χ1n) is 30.4. The van der Waals surface area contributed by atoms with Gasteiger partial charge in [0, 0.05) is 84.1 Å². The zero-order chi connectivity index (χ0) is 57.9. The molecule has 0 amide bonds. The molecule has 1 aromatic heterocycles. The van der Waals surface area contributed by atoms with Gasteiger partial charge in [-0.15, -0.1) is 0 Å². The lowest BCUT2D eigenvalue weighted by atomic mass is 9.93. The number of fused-ring (bicyclic) bond motifs is 27. The molecule has 0 N–H and O–H groups in total. The Kier molecular flexibility index (Phi) is 11.9. The van der Waals surface area contributed by atoms with E-state index in [1.54, 1.807) is 22.3 Å². The summed E-state index contributed by atoms with van der Waals surface area (Å²) in [5.74, 6) is 3.85. The maximum atomic E-state index is 11.5. The quantitative estimate of drug-likeness (QED) is 0.108. The summed E-state index contributed by atoms with van der Waals surface area (Å²) in [7, 11) is 0. The highest BCUT2D eigenvalue weighted by Crippen LogP contribution is 2.65. The average Bonchev–Trinajstić information content (AvgIpc) is 2.04. The topological polar surface area (TPSA) is 17.1 Å². The fourth-order valence-electron chi connectivity index (χ4n) is 15.6. The van der Waals surface area contributed by atoms with Gasteiger partial charge in [0.05, 0.1) is 16.9 Å². The molecule has 13 aromatic rings. The van der Waals surface area contributed by atoms with Gasteiger partial charge >= 0.3 is 0 Å². The van der Waals surface area contributed by atoms with Crippen LogP contribution in [0.3, 0.4) is 0 Å². The molecule has 6 atom stereocenters. The standard InChI is InChI=1S/C32H20S4.C30H16S4.C16H10OS2/c1-2-16-5-15(1)23-7-19-11-27-28(12-20(19)8-24(16)23)34-31(33-27)32-35-29-13-21-9-25-17-3-4-18(6-17)26(25)10-22(21)14-30(29)36-32;1-2-6-18-10-22-14-26-25(13-21(22)9-17(18)5-1)31-29(32-26)30-33-27-15-23-11-19-7-3-4-8-20(19)12-24(23)16-28(27)34-30;17-16-18-14-6-10-4-12-8-1-2-9(3-8)13(12)5-11(10)7-15(14)19-16/h1-4,7-18H,5-6H2;1-16H;1-2,4-9H,3H2. The Balaban J connectivity index is 0.0000000953. The van der Waals surface area contributed by atoms with Crippen LogP contribution in [0.4, 0.5) is 0 Å². The third-order valence-electron chi connectivity index (χ3n) is 19.8. The Morgan fingerprint density at radius 1 is 0.236 bits per heavy atom. The fraction of sp³-hybridized carbons (Fsp3) is 0.115. The van der Waals surface area contributed by atoms with Crippen molar-refractivity contribution in [3.05, 3.63) is 265 Å².